The first-order valence-corrected chi connectivity index (χ1v) is 10.5. The number of hydrogen-bond donors (Lipinski definition) is 1. The van der Waals surface area contributed by atoms with Crippen LogP contribution in [-0.4, -0.2) is 54.8 Å². The Morgan fingerprint density at radius 3 is 2.71 bits per heavy atom. The summed E-state index contributed by atoms with van der Waals surface area (Å²) in [5.41, 5.74) is 2.15. The monoisotopic (exact) mass is 379 g/mol. The third-order valence-corrected chi connectivity index (χ3v) is 6.82. The smallest absolute Gasteiger partial charge is 0.105 e. The van der Waals surface area contributed by atoms with Gasteiger partial charge in [-0.25, -0.2) is 9.97 Å². The highest BCUT2D eigenvalue weighted by Gasteiger charge is 2.42. The molecular formula is C22H29N5O. The van der Waals surface area contributed by atoms with E-state index in [1.807, 2.05) is 24.7 Å². The Balaban J connectivity index is 1.22. The number of nitrogens with zero attached hydrogens (tertiary/aromatic N) is 5. The molecule has 148 valence electrons. The molecule has 1 aliphatic carbocycles. The van der Waals surface area contributed by atoms with Gasteiger partial charge in [0, 0.05) is 32.0 Å². The van der Waals surface area contributed by atoms with Gasteiger partial charge in [-0.05, 0) is 56.7 Å². The van der Waals surface area contributed by atoms with Crippen LogP contribution in [0.15, 0.2) is 43.0 Å². The van der Waals surface area contributed by atoms with Crippen LogP contribution < -0.4 is 0 Å². The minimum atomic E-state index is -0.285. The van der Waals surface area contributed by atoms with Gasteiger partial charge in [-0.2, -0.15) is 0 Å². The number of aryl methyl sites for hydroxylation is 2. The zero-order valence-electron chi connectivity index (χ0n) is 16.5. The van der Waals surface area contributed by atoms with Crippen LogP contribution in [0.25, 0.3) is 11.0 Å². The highest BCUT2D eigenvalue weighted by Crippen LogP contribution is 2.42. The number of hydrogen-bond acceptors (Lipinski definition) is 4. The van der Waals surface area contributed by atoms with Crippen molar-refractivity contribution in [3.63, 3.8) is 0 Å². The van der Waals surface area contributed by atoms with E-state index in [-0.39, 0.29) is 12.1 Å². The second-order valence-electron chi connectivity index (χ2n) is 8.55. The first kappa shape index (κ1) is 17.9. The van der Waals surface area contributed by atoms with E-state index in [2.05, 4.69) is 49.3 Å². The molecule has 1 aliphatic heterocycles. The maximum Gasteiger partial charge on any atom is 0.105 e. The second kappa shape index (κ2) is 7.33. The molecule has 0 unspecified atom stereocenters. The van der Waals surface area contributed by atoms with Crippen molar-refractivity contribution in [1.82, 2.24) is 24.0 Å². The van der Waals surface area contributed by atoms with E-state index in [4.69, 9.17) is 0 Å². The third-order valence-electron chi connectivity index (χ3n) is 6.82. The topological polar surface area (TPSA) is 59.1 Å². The molecule has 6 nitrogen and oxygen atoms in total. The van der Waals surface area contributed by atoms with Crippen molar-refractivity contribution in [3.8, 4) is 0 Å². The van der Waals surface area contributed by atoms with E-state index in [0.717, 1.165) is 62.3 Å². The van der Waals surface area contributed by atoms with E-state index in [9.17, 15) is 5.11 Å². The van der Waals surface area contributed by atoms with Crippen molar-refractivity contribution in [1.29, 1.82) is 0 Å². The minimum Gasteiger partial charge on any atom is -0.391 e. The fourth-order valence-corrected chi connectivity index (χ4v) is 5.33. The fourth-order valence-electron chi connectivity index (χ4n) is 5.33. The summed E-state index contributed by atoms with van der Waals surface area (Å²) in [5.74, 6) is 2.38. The van der Waals surface area contributed by atoms with Crippen LogP contribution >= 0.6 is 0 Å². The van der Waals surface area contributed by atoms with Gasteiger partial charge in [0.1, 0.15) is 5.82 Å². The van der Waals surface area contributed by atoms with Crippen LogP contribution in [0, 0.1) is 18.8 Å². The van der Waals surface area contributed by atoms with Crippen molar-refractivity contribution < 1.29 is 5.11 Å². The number of imidazole rings is 2. The highest BCUT2D eigenvalue weighted by atomic mass is 16.3. The molecule has 1 saturated carbocycles. The molecule has 0 radical (unpaired) electrons. The summed E-state index contributed by atoms with van der Waals surface area (Å²) in [4.78, 5) is 11.4. The predicted molar refractivity (Wildman–Crippen MR) is 109 cm³/mol. The van der Waals surface area contributed by atoms with E-state index in [1.165, 1.54) is 0 Å². The number of benzene rings is 1. The van der Waals surface area contributed by atoms with E-state index < -0.39 is 0 Å². The Kier molecular flexibility index (Phi) is 4.69. The van der Waals surface area contributed by atoms with Crippen molar-refractivity contribution in [2.24, 2.45) is 11.8 Å². The van der Waals surface area contributed by atoms with Gasteiger partial charge in [-0.1, -0.05) is 12.1 Å². The van der Waals surface area contributed by atoms with E-state index >= 15 is 0 Å². The van der Waals surface area contributed by atoms with Gasteiger partial charge < -0.3 is 19.1 Å². The van der Waals surface area contributed by atoms with Crippen LogP contribution in [0.4, 0.5) is 0 Å². The van der Waals surface area contributed by atoms with E-state index in [0.29, 0.717) is 11.8 Å². The first-order chi connectivity index (χ1) is 13.7. The van der Waals surface area contributed by atoms with Gasteiger partial charge >= 0.3 is 0 Å². The predicted octanol–water partition coefficient (Wildman–Crippen LogP) is 2.88. The molecule has 6 heteroatoms. The molecule has 28 heavy (non-hydrogen) atoms. The first-order valence-electron chi connectivity index (χ1n) is 10.5. The molecule has 5 rings (SSSR count). The van der Waals surface area contributed by atoms with Gasteiger partial charge in [0.15, 0.2) is 0 Å². The molecule has 1 N–H and O–H groups in total. The normalized spacial score (nSPS) is 28.1. The largest absolute Gasteiger partial charge is 0.391 e. The third kappa shape index (κ3) is 3.25. The zero-order valence-corrected chi connectivity index (χ0v) is 16.5. The second-order valence-corrected chi connectivity index (χ2v) is 8.55. The summed E-state index contributed by atoms with van der Waals surface area (Å²) in [6.45, 7) is 6.50. The SMILES string of the molecule is Cc1nccn1CCCN1C[C@H]2C[C@@H](n3cnc4ccccc43)[C@H](O)C[C@H]2C1. The van der Waals surface area contributed by atoms with E-state index in [1.54, 1.807) is 0 Å². The summed E-state index contributed by atoms with van der Waals surface area (Å²) < 4.78 is 4.44. The Labute approximate surface area is 165 Å². The molecule has 4 atom stereocenters. The molecule has 0 amide bonds. The Morgan fingerprint density at radius 2 is 1.89 bits per heavy atom. The number of fused-ring (bicyclic) bond motifs is 2. The van der Waals surface area contributed by atoms with Crippen LogP contribution in [0.2, 0.25) is 0 Å². The highest BCUT2D eigenvalue weighted by molar-refractivity contribution is 5.75. The van der Waals surface area contributed by atoms with Gasteiger partial charge in [0.05, 0.1) is 29.5 Å². The molecule has 2 fully saturated rings. The average Bonchev–Trinajstić information content (AvgIpc) is 3.39. The molecule has 0 bridgehead atoms. The van der Waals surface area contributed by atoms with Gasteiger partial charge in [-0.15, -0.1) is 0 Å². The number of aliphatic hydroxyl groups is 1. The Hall–Kier alpha value is -2.18. The van der Waals surface area contributed by atoms with Gasteiger partial charge in [0.25, 0.3) is 0 Å². The molecule has 3 heterocycles. The molecule has 2 aliphatic rings. The summed E-state index contributed by atoms with van der Waals surface area (Å²) in [6.07, 6.45) is 8.67. The van der Waals surface area contributed by atoms with Crippen LogP contribution in [0.3, 0.4) is 0 Å². The van der Waals surface area contributed by atoms with Gasteiger partial charge in [0.2, 0.25) is 0 Å². The maximum atomic E-state index is 10.9. The minimum absolute atomic E-state index is 0.141. The summed E-state index contributed by atoms with van der Waals surface area (Å²) in [5, 5.41) is 10.9. The van der Waals surface area contributed by atoms with Crippen molar-refractivity contribution in [3.05, 3.63) is 48.8 Å². The van der Waals surface area contributed by atoms with Crippen LogP contribution in [-0.2, 0) is 6.54 Å². The summed E-state index contributed by atoms with van der Waals surface area (Å²) in [6, 6.07) is 8.37. The van der Waals surface area contributed by atoms with Crippen molar-refractivity contribution in [2.45, 2.75) is 44.9 Å². The van der Waals surface area contributed by atoms with Crippen LogP contribution in [0.1, 0.15) is 31.1 Å². The molecule has 1 aromatic carbocycles. The molecule has 2 aromatic heterocycles. The number of aliphatic hydroxyl groups excluding tert-OH is 1. The van der Waals surface area contributed by atoms with Gasteiger partial charge in [-0.3, -0.25) is 0 Å². The lowest BCUT2D eigenvalue weighted by atomic mass is 9.77. The van der Waals surface area contributed by atoms with Crippen LogP contribution in [0.5, 0.6) is 0 Å². The Bertz CT molecular complexity index is 947. The fraction of sp³-hybridized carbons (Fsp3) is 0.545. The molecule has 0 spiro atoms. The number of aromatic nitrogens is 4. The average molecular weight is 380 g/mol. The summed E-state index contributed by atoms with van der Waals surface area (Å²) >= 11 is 0. The molecule has 3 aromatic rings. The lowest BCUT2D eigenvalue weighted by molar-refractivity contribution is 0.0374. The molecular weight excluding hydrogens is 350 g/mol. The number of likely N-dealkylation sites (tertiary alicyclic amines) is 1. The number of rotatable bonds is 5. The lowest BCUT2D eigenvalue weighted by Gasteiger charge is -2.36. The van der Waals surface area contributed by atoms with Crippen molar-refractivity contribution >= 4 is 11.0 Å². The Morgan fingerprint density at radius 1 is 1.07 bits per heavy atom. The number of para-hydroxylation sites is 2. The zero-order chi connectivity index (χ0) is 19.1. The molecule has 1 saturated heterocycles. The standard InChI is InChI=1S/C22H29N5O/c1-16-23-7-10-26(16)9-4-8-25-13-17-11-21(22(28)12-18(17)14-25)27-15-24-19-5-2-3-6-20(19)27/h2-3,5-7,10,15,17-18,21-22,28H,4,8-9,11-14H2,1H3/t17-,18+,21-,22-/m1/s1. The van der Waals surface area contributed by atoms with Crippen molar-refractivity contribution in [2.75, 3.05) is 19.6 Å². The quantitative estimate of drug-likeness (QED) is 0.741. The lowest BCUT2D eigenvalue weighted by Crippen LogP contribution is -2.36. The summed E-state index contributed by atoms with van der Waals surface area (Å²) in [7, 11) is 0. The maximum absolute atomic E-state index is 10.9.